The zero-order chi connectivity index (χ0) is 13.0. The van der Waals surface area contributed by atoms with Gasteiger partial charge in [-0.2, -0.15) is 0 Å². The summed E-state index contributed by atoms with van der Waals surface area (Å²) in [6.07, 6.45) is 3.24. The van der Waals surface area contributed by atoms with Gasteiger partial charge in [-0.25, -0.2) is 0 Å². The first kappa shape index (κ1) is 13.8. The zero-order valence-electron chi connectivity index (χ0n) is 10.8. The van der Waals surface area contributed by atoms with Gasteiger partial charge in [0.25, 0.3) is 0 Å². The molecule has 4 heteroatoms. The van der Waals surface area contributed by atoms with E-state index in [9.17, 15) is 0 Å². The third-order valence-electron chi connectivity index (χ3n) is 3.64. The van der Waals surface area contributed by atoms with Crippen LogP contribution in [0.5, 0.6) is 0 Å². The van der Waals surface area contributed by atoms with Gasteiger partial charge in [0.1, 0.15) is 0 Å². The first-order valence-electron chi connectivity index (χ1n) is 6.50. The molecule has 1 heterocycles. The molecule has 18 heavy (non-hydrogen) atoms. The van der Waals surface area contributed by atoms with Crippen LogP contribution in [0, 0.1) is 12.8 Å². The highest BCUT2D eigenvalue weighted by molar-refractivity contribution is 6.31. The lowest BCUT2D eigenvalue weighted by Gasteiger charge is -2.27. The lowest BCUT2D eigenvalue weighted by molar-refractivity contribution is 0.0605. The summed E-state index contributed by atoms with van der Waals surface area (Å²) in [5.74, 6) is 6.35. The zero-order valence-corrected chi connectivity index (χ0v) is 11.5. The average Bonchev–Trinajstić information content (AvgIpc) is 2.38. The molecule has 0 amide bonds. The molecule has 1 aliphatic heterocycles. The average molecular weight is 269 g/mol. The van der Waals surface area contributed by atoms with E-state index < -0.39 is 0 Å². The molecule has 1 atom stereocenters. The third-order valence-corrected chi connectivity index (χ3v) is 3.97. The SMILES string of the molecule is Cc1ccc(C(CC2CCOCC2)NN)c(Cl)c1. The van der Waals surface area contributed by atoms with E-state index in [1.54, 1.807) is 0 Å². The Morgan fingerprint density at radius 1 is 1.44 bits per heavy atom. The fourth-order valence-corrected chi connectivity index (χ4v) is 2.88. The monoisotopic (exact) mass is 268 g/mol. The normalized spacial score (nSPS) is 18.8. The van der Waals surface area contributed by atoms with Gasteiger partial charge in [0.05, 0.1) is 0 Å². The lowest BCUT2D eigenvalue weighted by Crippen LogP contribution is -2.31. The topological polar surface area (TPSA) is 47.3 Å². The molecule has 1 aliphatic rings. The van der Waals surface area contributed by atoms with E-state index in [1.165, 1.54) is 5.56 Å². The van der Waals surface area contributed by atoms with Gasteiger partial charge in [0, 0.05) is 24.3 Å². The standard InChI is InChI=1S/C14H21ClN2O/c1-10-2-3-12(13(15)8-10)14(17-16)9-11-4-6-18-7-5-11/h2-3,8,11,14,17H,4-7,9,16H2,1H3. The van der Waals surface area contributed by atoms with Gasteiger partial charge >= 0.3 is 0 Å². The second kappa shape index (κ2) is 6.53. The summed E-state index contributed by atoms with van der Waals surface area (Å²) < 4.78 is 5.38. The first-order chi connectivity index (χ1) is 8.70. The Kier molecular flexibility index (Phi) is 5.01. The van der Waals surface area contributed by atoms with Gasteiger partial charge in [0.15, 0.2) is 0 Å². The molecule has 3 N–H and O–H groups in total. The maximum absolute atomic E-state index is 6.30. The predicted molar refractivity (Wildman–Crippen MR) is 74.4 cm³/mol. The van der Waals surface area contributed by atoms with Crippen LogP contribution in [0.1, 0.15) is 36.4 Å². The van der Waals surface area contributed by atoms with Gasteiger partial charge in [-0.05, 0) is 49.3 Å². The van der Waals surface area contributed by atoms with Crippen molar-refractivity contribution in [2.75, 3.05) is 13.2 Å². The molecule has 1 aromatic carbocycles. The second-order valence-electron chi connectivity index (χ2n) is 5.04. The fourth-order valence-electron chi connectivity index (χ4n) is 2.51. The van der Waals surface area contributed by atoms with Gasteiger partial charge < -0.3 is 4.74 Å². The van der Waals surface area contributed by atoms with E-state index in [1.807, 2.05) is 13.0 Å². The van der Waals surface area contributed by atoms with Crippen LogP contribution in [0.25, 0.3) is 0 Å². The number of nitrogens with one attached hydrogen (secondary N) is 1. The van der Waals surface area contributed by atoms with Crippen molar-refractivity contribution in [3.05, 3.63) is 34.3 Å². The Hall–Kier alpha value is -0.610. The van der Waals surface area contributed by atoms with Crippen LogP contribution in [0.2, 0.25) is 5.02 Å². The summed E-state index contributed by atoms with van der Waals surface area (Å²) in [5.41, 5.74) is 5.17. The lowest BCUT2D eigenvalue weighted by atomic mass is 9.89. The van der Waals surface area contributed by atoms with E-state index in [0.29, 0.717) is 5.92 Å². The van der Waals surface area contributed by atoms with E-state index in [0.717, 1.165) is 43.1 Å². The summed E-state index contributed by atoms with van der Waals surface area (Å²) in [6, 6.07) is 6.27. The maximum atomic E-state index is 6.30. The number of aryl methyl sites for hydroxylation is 1. The Morgan fingerprint density at radius 2 is 2.17 bits per heavy atom. The largest absolute Gasteiger partial charge is 0.381 e. The van der Waals surface area contributed by atoms with Crippen molar-refractivity contribution >= 4 is 11.6 Å². The van der Waals surface area contributed by atoms with Crippen molar-refractivity contribution in [3.8, 4) is 0 Å². The molecule has 100 valence electrons. The van der Waals surface area contributed by atoms with Crippen LogP contribution in [-0.4, -0.2) is 13.2 Å². The number of hydrogen-bond donors (Lipinski definition) is 2. The van der Waals surface area contributed by atoms with Crippen molar-refractivity contribution < 1.29 is 4.74 Å². The van der Waals surface area contributed by atoms with Crippen LogP contribution in [-0.2, 0) is 4.74 Å². The van der Waals surface area contributed by atoms with Crippen LogP contribution < -0.4 is 11.3 Å². The smallest absolute Gasteiger partial charge is 0.0477 e. The Balaban J connectivity index is 2.07. The highest BCUT2D eigenvalue weighted by atomic mass is 35.5. The minimum absolute atomic E-state index is 0.126. The van der Waals surface area contributed by atoms with Crippen LogP contribution in [0.4, 0.5) is 0 Å². The summed E-state index contributed by atoms with van der Waals surface area (Å²) >= 11 is 6.30. The predicted octanol–water partition coefficient (Wildman–Crippen LogP) is 2.97. The highest BCUT2D eigenvalue weighted by Gasteiger charge is 2.21. The molecule has 1 aromatic rings. The second-order valence-corrected chi connectivity index (χ2v) is 5.44. The van der Waals surface area contributed by atoms with Crippen molar-refractivity contribution in [2.45, 2.75) is 32.2 Å². The first-order valence-corrected chi connectivity index (χ1v) is 6.88. The minimum Gasteiger partial charge on any atom is -0.381 e. The van der Waals surface area contributed by atoms with E-state index in [-0.39, 0.29) is 6.04 Å². The molecule has 1 saturated heterocycles. The van der Waals surface area contributed by atoms with Gasteiger partial charge in [-0.1, -0.05) is 23.7 Å². The van der Waals surface area contributed by atoms with E-state index in [4.69, 9.17) is 22.2 Å². The molecule has 0 aliphatic carbocycles. The van der Waals surface area contributed by atoms with Gasteiger partial charge in [-0.15, -0.1) is 0 Å². The molecule has 0 spiro atoms. The maximum Gasteiger partial charge on any atom is 0.0477 e. The molecule has 1 fully saturated rings. The molecule has 0 radical (unpaired) electrons. The summed E-state index contributed by atoms with van der Waals surface area (Å²) in [5, 5.41) is 0.796. The van der Waals surface area contributed by atoms with Crippen molar-refractivity contribution in [1.82, 2.24) is 5.43 Å². The Morgan fingerprint density at radius 3 is 2.78 bits per heavy atom. The van der Waals surface area contributed by atoms with Crippen molar-refractivity contribution in [1.29, 1.82) is 0 Å². The van der Waals surface area contributed by atoms with E-state index in [2.05, 4.69) is 17.6 Å². The summed E-state index contributed by atoms with van der Waals surface area (Å²) in [4.78, 5) is 0. The molecular formula is C14H21ClN2O. The number of hydrogen-bond acceptors (Lipinski definition) is 3. The molecule has 0 aromatic heterocycles. The van der Waals surface area contributed by atoms with Crippen LogP contribution in [0.3, 0.4) is 0 Å². The quantitative estimate of drug-likeness (QED) is 0.652. The number of hydrazine groups is 1. The number of rotatable bonds is 4. The Labute approximate surface area is 114 Å². The fraction of sp³-hybridized carbons (Fsp3) is 0.571. The molecular weight excluding hydrogens is 248 g/mol. The van der Waals surface area contributed by atoms with Crippen LogP contribution in [0.15, 0.2) is 18.2 Å². The molecule has 0 saturated carbocycles. The third kappa shape index (κ3) is 3.45. The molecule has 0 bridgehead atoms. The number of ether oxygens (including phenoxy) is 1. The molecule has 3 nitrogen and oxygen atoms in total. The molecule has 2 rings (SSSR count). The van der Waals surface area contributed by atoms with Crippen molar-refractivity contribution in [3.63, 3.8) is 0 Å². The Bertz CT molecular complexity index is 391. The van der Waals surface area contributed by atoms with E-state index >= 15 is 0 Å². The van der Waals surface area contributed by atoms with Crippen molar-refractivity contribution in [2.24, 2.45) is 11.8 Å². The summed E-state index contributed by atoms with van der Waals surface area (Å²) in [7, 11) is 0. The van der Waals surface area contributed by atoms with Gasteiger partial charge in [-0.3, -0.25) is 11.3 Å². The number of benzene rings is 1. The molecule has 1 unspecified atom stereocenters. The van der Waals surface area contributed by atoms with Crippen LogP contribution >= 0.6 is 11.6 Å². The van der Waals surface area contributed by atoms with Gasteiger partial charge in [0.2, 0.25) is 0 Å². The number of halogens is 1. The minimum atomic E-state index is 0.126. The summed E-state index contributed by atoms with van der Waals surface area (Å²) in [6.45, 7) is 3.77. The number of nitrogens with two attached hydrogens (primary N) is 1. The highest BCUT2D eigenvalue weighted by Crippen LogP contribution is 2.31.